The smallest absolute Gasteiger partial charge is 0.462 e. The standard InChI is InChI=1S/C11H7BrF3NO3/c1-2-18-10(17)6-3-4-8(12)7(5-16)9(6)19-11(13,14)15/h3-4H,2H2,1H3. The van der Waals surface area contributed by atoms with Gasteiger partial charge in [-0.05, 0) is 35.0 Å². The Balaban J connectivity index is 3.39. The third kappa shape index (κ3) is 3.86. The highest BCUT2D eigenvalue weighted by molar-refractivity contribution is 9.10. The lowest BCUT2D eigenvalue weighted by atomic mass is 10.1. The Kier molecular flexibility index (Phi) is 4.78. The molecule has 102 valence electrons. The van der Waals surface area contributed by atoms with E-state index in [1.165, 1.54) is 13.0 Å². The Morgan fingerprint density at radius 2 is 2.11 bits per heavy atom. The van der Waals surface area contributed by atoms with Crippen LogP contribution in [0, 0.1) is 11.3 Å². The van der Waals surface area contributed by atoms with Gasteiger partial charge in [-0.3, -0.25) is 0 Å². The summed E-state index contributed by atoms with van der Waals surface area (Å²) in [6.45, 7) is 1.49. The molecule has 0 aliphatic rings. The summed E-state index contributed by atoms with van der Waals surface area (Å²) in [5.74, 6) is -1.87. The number of esters is 1. The summed E-state index contributed by atoms with van der Waals surface area (Å²) in [7, 11) is 0. The minimum atomic E-state index is -5.02. The highest BCUT2D eigenvalue weighted by Crippen LogP contribution is 2.34. The van der Waals surface area contributed by atoms with Gasteiger partial charge in [0.1, 0.15) is 17.2 Å². The molecule has 0 spiro atoms. The molecule has 0 fully saturated rings. The molecule has 0 heterocycles. The van der Waals surface area contributed by atoms with Crippen LogP contribution in [0.4, 0.5) is 13.2 Å². The van der Waals surface area contributed by atoms with Crippen molar-refractivity contribution in [1.82, 2.24) is 0 Å². The van der Waals surface area contributed by atoms with E-state index in [0.717, 1.165) is 6.07 Å². The molecule has 1 aromatic rings. The van der Waals surface area contributed by atoms with Gasteiger partial charge < -0.3 is 9.47 Å². The van der Waals surface area contributed by atoms with Gasteiger partial charge in [0, 0.05) is 4.47 Å². The topological polar surface area (TPSA) is 59.3 Å². The molecule has 0 N–H and O–H groups in total. The zero-order chi connectivity index (χ0) is 14.6. The maximum absolute atomic E-state index is 12.3. The number of hydrogen-bond acceptors (Lipinski definition) is 4. The van der Waals surface area contributed by atoms with Gasteiger partial charge in [0.2, 0.25) is 0 Å². The average Bonchev–Trinajstić information content (AvgIpc) is 2.27. The van der Waals surface area contributed by atoms with Crippen molar-refractivity contribution in [3.8, 4) is 11.8 Å². The predicted octanol–water partition coefficient (Wildman–Crippen LogP) is 3.40. The number of ether oxygens (including phenoxy) is 2. The normalized spacial score (nSPS) is 10.7. The predicted molar refractivity (Wildman–Crippen MR) is 61.5 cm³/mol. The Morgan fingerprint density at radius 3 is 2.58 bits per heavy atom. The molecule has 0 amide bonds. The molecule has 0 radical (unpaired) electrons. The van der Waals surface area contributed by atoms with Crippen LogP contribution in [0.25, 0.3) is 0 Å². The van der Waals surface area contributed by atoms with Crippen molar-refractivity contribution in [2.45, 2.75) is 13.3 Å². The van der Waals surface area contributed by atoms with Crippen LogP contribution in [0.15, 0.2) is 16.6 Å². The van der Waals surface area contributed by atoms with E-state index in [2.05, 4.69) is 25.4 Å². The highest BCUT2D eigenvalue weighted by atomic mass is 79.9. The van der Waals surface area contributed by atoms with Crippen LogP contribution in [-0.4, -0.2) is 18.9 Å². The lowest BCUT2D eigenvalue weighted by molar-refractivity contribution is -0.274. The summed E-state index contributed by atoms with van der Waals surface area (Å²) >= 11 is 2.92. The molecule has 8 heteroatoms. The number of rotatable bonds is 3. The second kappa shape index (κ2) is 5.93. The number of benzene rings is 1. The number of alkyl halides is 3. The third-order valence-corrected chi connectivity index (χ3v) is 2.59. The molecule has 0 saturated carbocycles. The Bertz CT molecular complexity index is 537. The lowest BCUT2D eigenvalue weighted by Gasteiger charge is -2.14. The van der Waals surface area contributed by atoms with Crippen molar-refractivity contribution in [1.29, 1.82) is 5.26 Å². The van der Waals surface area contributed by atoms with Crippen LogP contribution < -0.4 is 4.74 Å². The molecule has 0 bridgehead atoms. The second-order valence-electron chi connectivity index (χ2n) is 3.18. The maximum Gasteiger partial charge on any atom is 0.573 e. The number of halogens is 4. The Labute approximate surface area is 114 Å². The summed E-state index contributed by atoms with van der Waals surface area (Å²) in [6, 6.07) is 3.90. The van der Waals surface area contributed by atoms with Crippen LogP contribution >= 0.6 is 15.9 Å². The fourth-order valence-electron chi connectivity index (χ4n) is 1.25. The molecule has 0 aromatic heterocycles. The van der Waals surface area contributed by atoms with E-state index in [-0.39, 0.29) is 11.1 Å². The molecule has 0 aliphatic heterocycles. The van der Waals surface area contributed by atoms with Crippen molar-refractivity contribution in [2.24, 2.45) is 0 Å². The van der Waals surface area contributed by atoms with Crippen molar-refractivity contribution in [2.75, 3.05) is 6.61 Å². The zero-order valence-corrected chi connectivity index (χ0v) is 11.1. The number of carbonyl (C=O) groups is 1. The first-order chi connectivity index (χ1) is 8.80. The fraction of sp³-hybridized carbons (Fsp3) is 0.273. The number of nitriles is 1. The molecule has 0 atom stereocenters. The summed E-state index contributed by atoms with van der Waals surface area (Å²) in [4.78, 5) is 11.5. The van der Waals surface area contributed by atoms with Crippen molar-refractivity contribution in [3.05, 3.63) is 27.7 Å². The minimum absolute atomic E-state index is 0.0117. The molecule has 0 aliphatic carbocycles. The van der Waals surface area contributed by atoms with E-state index in [0.29, 0.717) is 0 Å². The highest BCUT2D eigenvalue weighted by Gasteiger charge is 2.35. The van der Waals surface area contributed by atoms with Crippen LogP contribution in [0.3, 0.4) is 0 Å². The number of nitrogens with zero attached hydrogens (tertiary/aromatic N) is 1. The van der Waals surface area contributed by atoms with Crippen molar-refractivity contribution in [3.63, 3.8) is 0 Å². The SMILES string of the molecule is CCOC(=O)c1ccc(Br)c(C#N)c1OC(F)(F)F. The van der Waals surface area contributed by atoms with Gasteiger partial charge in [-0.1, -0.05) is 0 Å². The summed E-state index contributed by atoms with van der Waals surface area (Å²) in [6.07, 6.45) is -5.02. The van der Waals surface area contributed by atoms with E-state index < -0.39 is 29.2 Å². The molecule has 0 saturated heterocycles. The van der Waals surface area contributed by atoms with Crippen molar-refractivity contribution < 1.29 is 27.4 Å². The first-order valence-corrected chi connectivity index (χ1v) is 5.75. The van der Waals surface area contributed by atoms with Gasteiger partial charge in [0.05, 0.1) is 6.61 Å². The van der Waals surface area contributed by atoms with Gasteiger partial charge in [0.25, 0.3) is 0 Å². The quantitative estimate of drug-likeness (QED) is 0.793. The summed E-state index contributed by atoms with van der Waals surface area (Å²) in [5.41, 5.74) is -0.887. The monoisotopic (exact) mass is 337 g/mol. The van der Waals surface area contributed by atoms with Crippen molar-refractivity contribution >= 4 is 21.9 Å². The minimum Gasteiger partial charge on any atom is -0.462 e. The number of carbonyl (C=O) groups excluding carboxylic acids is 1. The molecule has 4 nitrogen and oxygen atoms in total. The molecular formula is C11H7BrF3NO3. The first-order valence-electron chi connectivity index (χ1n) is 4.95. The Morgan fingerprint density at radius 1 is 1.47 bits per heavy atom. The van der Waals surface area contributed by atoms with Crippen LogP contribution in [-0.2, 0) is 4.74 Å². The van der Waals surface area contributed by atoms with Gasteiger partial charge in [-0.25, -0.2) is 4.79 Å². The van der Waals surface area contributed by atoms with E-state index in [1.54, 1.807) is 6.07 Å². The van der Waals surface area contributed by atoms with E-state index in [9.17, 15) is 18.0 Å². The van der Waals surface area contributed by atoms with Crippen LogP contribution in [0.2, 0.25) is 0 Å². The van der Waals surface area contributed by atoms with Crippen LogP contribution in [0.1, 0.15) is 22.8 Å². The van der Waals surface area contributed by atoms with Gasteiger partial charge in [0.15, 0.2) is 5.75 Å². The van der Waals surface area contributed by atoms with E-state index >= 15 is 0 Å². The maximum atomic E-state index is 12.3. The zero-order valence-electron chi connectivity index (χ0n) is 9.55. The van der Waals surface area contributed by atoms with Gasteiger partial charge in [-0.2, -0.15) is 5.26 Å². The molecule has 1 rings (SSSR count). The molecule has 19 heavy (non-hydrogen) atoms. The second-order valence-corrected chi connectivity index (χ2v) is 4.03. The van der Waals surface area contributed by atoms with Gasteiger partial charge >= 0.3 is 12.3 Å². The van der Waals surface area contributed by atoms with E-state index in [4.69, 9.17) is 5.26 Å². The molecular weight excluding hydrogens is 331 g/mol. The summed E-state index contributed by atoms with van der Waals surface area (Å²) < 4.78 is 45.4. The van der Waals surface area contributed by atoms with Gasteiger partial charge in [-0.15, -0.1) is 13.2 Å². The molecule has 0 unspecified atom stereocenters. The van der Waals surface area contributed by atoms with E-state index in [1.807, 2.05) is 0 Å². The first kappa shape index (κ1) is 15.3. The lowest BCUT2D eigenvalue weighted by Crippen LogP contribution is -2.20. The largest absolute Gasteiger partial charge is 0.573 e. The third-order valence-electron chi connectivity index (χ3n) is 1.93. The fourth-order valence-corrected chi connectivity index (χ4v) is 1.66. The summed E-state index contributed by atoms with van der Waals surface area (Å²) in [5, 5.41) is 8.85. The van der Waals surface area contributed by atoms with Crippen LogP contribution in [0.5, 0.6) is 5.75 Å². The Hall–Kier alpha value is -1.75. The number of hydrogen-bond donors (Lipinski definition) is 0. The molecule has 1 aromatic carbocycles. The average molecular weight is 338 g/mol.